The Hall–Kier alpha value is -1.79. The zero-order valence-corrected chi connectivity index (χ0v) is 13.4. The van der Waals surface area contributed by atoms with Gasteiger partial charge in [0, 0.05) is 11.5 Å². The van der Waals surface area contributed by atoms with Crippen LogP contribution in [0.15, 0.2) is 22.7 Å². The molecule has 4 rings (SSSR count). The van der Waals surface area contributed by atoms with Gasteiger partial charge in [-0.15, -0.1) is 0 Å². The summed E-state index contributed by atoms with van der Waals surface area (Å²) in [5, 5.41) is 7.28. The molecular weight excluding hydrogens is 314 g/mol. The highest BCUT2D eigenvalue weighted by atomic mass is 19.1. The standard InChI is InChI=1S/C18H20F2N2O2/c19-14-2-1-3-15(20)16(14)17-13(18(24-22-17)11-4-5-11)10-23-12-6-8-21-9-7-12/h1-3,11-12,21H,4-10H2. The quantitative estimate of drug-likeness (QED) is 0.904. The number of halogens is 2. The summed E-state index contributed by atoms with van der Waals surface area (Å²) in [5.41, 5.74) is 0.804. The number of hydrogen-bond acceptors (Lipinski definition) is 4. The lowest BCUT2D eigenvalue weighted by Gasteiger charge is -2.23. The molecule has 0 amide bonds. The second-order valence-electron chi connectivity index (χ2n) is 6.51. The van der Waals surface area contributed by atoms with E-state index < -0.39 is 11.6 Å². The zero-order chi connectivity index (χ0) is 16.5. The zero-order valence-electron chi connectivity index (χ0n) is 13.4. The van der Waals surface area contributed by atoms with Gasteiger partial charge in [0.1, 0.15) is 23.1 Å². The van der Waals surface area contributed by atoms with Gasteiger partial charge in [-0.25, -0.2) is 8.78 Å². The first-order chi connectivity index (χ1) is 11.7. The number of aromatic nitrogens is 1. The minimum absolute atomic E-state index is 0.128. The third-order valence-corrected chi connectivity index (χ3v) is 4.72. The molecule has 1 aromatic carbocycles. The van der Waals surface area contributed by atoms with Gasteiger partial charge in [-0.3, -0.25) is 0 Å². The van der Waals surface area contributed by atoms with E-state index in [9.17, 15) is 8.78 Å². The highest BCUT2D eigenvalue weighted by molar-refractivity contribution is 5.65. The summed E-state index contributed by atoms with van der Waals surface area (Å²) in [4.78, 5) is 0. The van der Waals surface area contributed by atoms with Crippen LogP contribution < -0.4 is 5.32 Å². The SMILES string of the molecule is Fc1cccc(F)c1-c1noc(C2CC2)c1COC1CCNCC1. The molecule has 2 aromatic rings. The van der Waals surface area contributed by atoms with Crippen molar-refractivity contribution in [2.24, 2.45) is 0 Å². The Labute approximate surface area is 139 Å². The monoisotopic (exact) mass is 334 g/mol. The Morgan fingerprint density at radius 1 is 1.12 bits per heavy atom. The molecule has 4 nitrogen and oxygen atoms in total. The summed E-state index contributed by atoms with van der Waals surface area (Å²) in [7, 11) is 0. The number of piperidine rings is 1. The Morgan fingerprint density at radius 2 is 1.83 bits per heavy atom. The molecule has 1 saturated carbocycles. The van der Waals surface area contributed by atoms with E-state index in [1.807, 2.05) is 0 Å². The van der Waals surface area contributed by atoms with Crippen LogP contribution in [-0.4, -0.2) is 24.4 Å². The van der Waals surface area contributed by atoms with Crippen molar-refractivity contribution in [1.29, 1.82) is 0 Å². The minimum Gasteiger partial charge on any atom is -0.373 e. The molecule has 6 heteroatoms. The Bertz CT molecular complexity index is 702. The van der Waals surface area contributed by atoms with E-state index in [0.29, 0.717) is 11.5 Å². The van der Waals surface area contributed by atoms with Gasteiger partial charge >= 0.3 is 0 Å². The Morgan fingerprint density at radius 3 is 2.50 bits per heavy atom. The van der Waals surface area contributed by atoms with E-state index in [1.54, 1.807) is 0 Å². The molecule has 1 N–H and O–H groups in total. The molecule has 2 fully saturated rings. The molecule has 1 aliphatic heterocycles. The summed E-state index contributed by atoms with van der Waals surface area (Å²) in [6.07, 6.45) is 4.08. The fourth-order valence-electron chi connectivity index (χ4n) is 3.21. The highest BCUT2D eigenvalue weighted by Crippen LogP contribution is 2.44. The lowest BCUT2D eigenvalue weighted by Crippen LogP contribution is -2.32. The number of rotatable bonds is 5. The summed E-state index contributed by atoms with van der Waals surface area (Å²) in [6, 6.07) is 3.82. The van der Waals surface area contributed by atoms with Crippen LogP contribution in [0.4, 0.5) is 8.78 Å². The van der Waals surface area contributed by atoms with Crippen LogP contribution >= 0.6 is 0 Å². The highest BCUT2D eigenvalue weighted by Gasteiger charge is 2.34. The van der Waals surface area contributed by atoms with Crippen LogP contribution in [0.25, 0.3) is 11.3 Å². The third kappa shape index (κ3) is 3.08. The molecule has 0 radical (unpaired) electrons. The number of nitrogens with one attached hydrogen (secondary N) is 1. The molecule has 1 aromatic heterocycles. The van der Waals surface area contributed by atoms with Crippen molar-refractivity contribution >= 4 is 0 Å². The van der Waals surface area contributed by atoms with Gasteiger partial charge in [-0.2, -0.15) is 0 Å². The van der Waals surface area contributed by atoms with Gasteiger partial charge in [0.25, 0.3) is 0 Å². The normalized spacial score (nSPS) is 18.9. The summed E-state index contributed by atoms with van der Waals surface area (Å²) >= 11 is 0. The maximum Gasteiger partial charge on any atom is 0.145 e. The van der Waals surface area contributed by atoms with Crippen LogP contribution in [0.2, 0.25) is 0 Å². The molecule has 24 heavy (non-hydrogen) atoms. The fraction of sp³-hybridized carbons (Fsp3) is 0.500. The Balaban J connectivity index is 1.64. The smallest absolute Gasteiger partial charge is 0.145 e. The predicted octanol–water partition coefficient (Wildman–Crippen LogP) is 3.77. The molecular formula is C18H20F2N2O2. The largest absolute Gasteiger partial charge is 0.373 e. The lowest BCUT2D eigenvalue weighted by molar-refractivity contribution is 0.0207. The maximum absolute atomic E-state index is 14.2. The summed E-state index contributed by atoms with van der Waals surface area (Å²) in [5.74, 6) is -0.239. The molecule has 2 aliphatic rings. The van der Waals surface area contributed by atoms with E-state index >= 15 is 0 Å². The average Bonchev–Trinajstić information content (AvgIpc) is 3.35. The van der Waals surface area contributed by atoms with Crippen molar-refractivity contribution in [2.75, 3.05) is 13.1 Å². The topological polar surface area (TPSA) is 47.3 Å². The maximum atomic E-state index is 14.2. The molecule has 1 aliphatic carbocycles. The molecule has 1 saturated heterocycles. The lowest BCUT2D eigenvalue weighted by atomic mass is 10.0. The number of nitrogens with zero attached hydrogens (tertiary/aromatic N) is 1. The first kappa shape index (κ1) is 15.7. The van der Waals surface area contributed by atoms with E-state index in [4.69, 9.17) is 9.26 Å². The van der Waals surface area contributed by atoms with Gasteiger partial charge < -0.3 is 14.6 Å². The number of ether oxygens (including phenoxy) is 1. The minimum atomic E-state index is -0.631. The van der Waals surface area contributed by atoms with Crippen LogP contribution in [0.3, 0.4) is 0 Å². The van der Waals surface area contributed by atoms with Crippen molar-refractivity contribution in [3.63, 3.8) is 0 Å². The van der Waals surface area contributed by atoms with E-state index in [1.165, 1.54) is 18.2 Å². The molecule has 0 bridgehead atoms. The summed E-state index contributed by atoms with van der Waals surface area (Å²) in [6.45, 7) is 2.14. The van der Waals surface area contributed by atoms with E-state index in [2.05, 4.69) is 10.5 Å². The predicted molar refractivity (Wildman–Crippen MR) is 84.5 cm³/mol. The first-order valence-corrected chi connectivity index (χ1v) is 8.49. The van der Waals surface area contributed by atoms with Crippen LogP contribution in [-0.2, 0) is 11.3 Å². The average molecular weight is 334 g/mol. The molecule has 0 atom stereocenters. The van der Waals surface area contributed by atoms with Crippen LogP contribution in [0.5, 0.6) is 0 Å². The van der Waals surface area contributed by atoms with Crippen LogP contribution in [0.1, 0.15) is 42.9 Å². The van der Waals surface area contributed by atoms with Crippen molar-refractivity contribution in [2.45, 2.75) is 44.3 Å². The van der Waals surface area contributed by atoms with Crippen molar-refractivity contribution in [1.82, 2.24) is 10.5 Å². The van der Waals surface area contributed by atoms with Gasteiger partial charge in [0.2, 0.25) is 0 Å². The second kappa shape index (κ2) is 6.61. The van der Waals surface area contributed by atoms with Gasteiger partial charge in [0.05, 0.1) is 18.3 Å². The third-order valence-electron chi connectivity index (χ3n) is 4.72. The van der Waals surface area contributed by atoms with Crippen molar-refractivity contribution in [3.8, 4) is 11.3 Å². The summed E-state index contributed by atoms with van der Waals surface area (Å²) < 4.78 is 39.8. The van der Waals surface area contributed by atoms with Crippen molar-refractivity contribution < 1.29 is 18.0 Å². The van der Waals surface area contributed by atoms with Gasteiger partial charge in [-0.1, -0.05) is 11.2 Å². The molecule has 128 valence electrons. The Kier molecular flexibility index (Phi) is 4.33. The second-order valence-corrected chi connectivity index (χ2v) is 6.51. The van der Waals surface area contributed by atoms with Crippen LogP contribution in [0, 0.1) is 11.6 Å². The first-order valence-electron chi connectivity index (χ1n) is 8.49. The molecule has 2 heterocycles. The molecule has 0 spiro atoms. The van der Waals surface area contributed by atoms with E-state index in [-0.39, 0.29) is 24.0 Å². The number of hydrogen-bond donors (Lipinski definition) is 1. The van der Waals surface area contributed by atoms with Crippen molar-refractivity contribution in [3.05, 3.63) is 41.2 Å². The fourth-order valence-corrected chi connectivity index (χ4v) is 3.21. The van der Waals surface area contributed by atoms with Gasteiger partial charge in [-0.05, 0) is 50.9 Å². The number of benzene rings is 1. The van der Waals surface area contributed by atoms with E-state index in [0.717, 1.165) is 44.5 Å². The molecule has 0 unspecified atom stereocenters. The van der Waals surface area contributed by atoms with Gasteiger partial charge in [0.15, 0.2) is 0 Å².